The number of nitrogens with one attached hydrogen (secondary N) is 2. The van der Waals surface area contributed by atoms with Crippen LogP contribution in [0.15, 0.2) is 48.7 Å². The molecule has 0 spiro atoms. The van der Waals surface area contributed by atoms with Gasteiger partial charge in [-0.05, 0) is 36.8 Å². The average molecular weight is 295 g/mol. The molecule has 22 heavy (non-hydrogen) atoms. The Morgan fingerprint density at radius 1 is 1.23 bits per heavy atom. The van der Waals surface area contributed by atoms with Gasteiger partial charge in [-0.3, -0.25) is 9.89 Å². The molecule has 3 aromatic rings. The van der Waals surface area contributed by atoms with E-state index in [0.29, 0.717) is 18.7 Å². The number of fused-ring (bicyclic) bond motifs is 1. The third-order valence-corrected chi connectivity index (χ3v) is 3.39. The van der Waals surface area contributed by atoms with Crippen molar-refractivity contribution in [3.63, 3.8) is 0 Å². The van der Waals surface area contributed by atoms with Crippen molar-refractivity contribution in [2.45, 2.75) is 13.5 Å². The zero-order valence-electron chi connectivity index (χ0n) is 12.3. The number of ether oxygens (including phenoxy) is 1. The highest BCUT2D eigenvalue weighted by Crippen LogP contribution is 2.14. The molecule has 0 unspecified atom stereocenters. The molecule has 0 aliphatic rings. The van der Waals surface area contributed by atoms with Crippen LogP contribution < -0.4 is 10.1 Å². The van der Waals surface area contributed by atoms with Crippen molar-refractivity contribution in [3.05, 3.63) is 59.8 Å². The molecule has 1 amide bonds. The Hall–Kier alpha value is -2.82. The van der Waals surface area contributed by atoms with Crippen molar-refractivity contribution in [1.29, 1.82) is 0 Å². The average Bonchev–Trinajstić information content (AvgIpc) is 3.01. The van der Waals surface area contributed by atoms with E-state index in [-0.39, 0.29) is 5.91 Å². The number of rotatable bonds is 5. The molecule has 0 radical (unpaired) electrons. The van der Waals surface area contributed by atoms with E-state index in [4.69, 9.17) is 4.74 Å². The Labute approximate surface area is 128 Å². The van der Waals surface area contributed by atoms with Crippen LogP contribution in [0.2, 0.25) is 0 Å². The van der Waals surface area contributed by atoms with Crippen LogP contribution >= 0.6 is 0 Å². The summed E-state index contributed by atoms with van der Waals surface area (Å²) in [6.07, 6.45) is 1.73. The van der Waals surface area contributed by atoms with Crippen molar-refractivity contribution >= 4 is 16.8 Å². The summed E-state index contributed by atoms with van der Waals surface area (Å²) in [4.78, 5) is 12.2. The molecule has 1 heterocycles. The van der Waals surface area contributed by atoms with Gasteiger partial charge >= 0.3 is 0 Å². The summed E-state index contributed by atoms with van der Waals surface area (Å²) in [7, 11) is 0. The number of nitrogens with zero attached hydrogens (tertiary/aromatic N) is 1. The van der Waals surface area contributed by atoms with Gasteiger partial charge in [0.2, 0.25) is 0 Å². The summed E-state index contributed by atoms with van der Waals surface area (Å²) in [6, 6.07) is 13.2. The minimum atomic E-state index is -0.106. The molecule has 2 aromatic carbocycles. The maximum Gasteiger partial charge on any atom is 0.251 e. The molecule has 0 saturated heterocycles. The molecule has 2 N–H and O–H groups in total. The molecule has 0 aliphatic heterocycles. The number of aromatic amines is 1. The van der Waals surface area contributed by atoms with Crippen LogP contribution in [0, 0.1) is 0 Å². The highest BCUT2D eigenvalue weighted by atomic mass is 16.5. The fourth-order valence-corrected chi connectivity index (χ4v) is 2.23. The van der Waals surface area contributed by atoms with E-state index in [1.54, 1.807) is 18.3 Å². The maximum atomic E-state index is 12.2. The first-order valence-electron chi connectivity index (χ1n) is 7.19. The van der Waals surface area contributed by atoms with Crippen molar-refractivity contribution in [1.82, 2.24) is 15.5 Å². The molecule has 0 fully saturated rings. The van der Waals surface area contributed by atoms with Gasteiger partial charge in [-0.1, -0.05) is 18.2 Å². The third kappa shape index (κ3) is 3.09. The molecule has 3 rings (SSSR count). The molecule has 0 atom stereocenters. The summed E-state index contributed by atoms with van der Waals surface area (Å²) in [5.74, 6) is 0.729. The molecular weight excluding hydrogens is 278 g/mol. The number of aromatic nitrogens is 2. The van der Waals surface area contributed by atoms with E-state index in [1.165, 1.54) is 0 Å². The molecule has 0 aliphatic carbocycles. The first kappa shape index (κ1) is 14.1. The molecule has 0 bridgehead atoms. The molecule has 5 heteroatoms. The van der Waals surface area contributed by atoms with Crippen LogP contribution in [0.25, 0.3) is 10.9 Å². The summed E-state index contributed by atoms with van der Waals surface area (Å²) in [5.41, 5.74) is 2.50. The lowest BCUT2D eigenvalue weighted by molar-refractivity contribution is 0.0951. The van der Waals surface area contributed by atoms with E-state index >= 15 is 0 Å². The topological polar surface area (TPSA) is 67.0 Å². The van der Waals surface area contributed by atoms with Gasteiger partial charge in [0.05, 0.1) is 18.3 Å². The lowest BCUT2D eigenvalue weighted by Crippen LogP contribution is -2.22. The molecule has 0 saturated carbocycles. The second-order valence-electron chi connectivity index (χ2n) is 4.93. The van der Waals surface area contributed by atoms with E-state index in [9.17, 15) is 4.79 Å². The second-order valence-corrected chi connectivity index (χ2v) is 4.93. The predicted octanol–water partition coefficient (Wildman–Crippen LogP) is 2.89. The van der Waals surface area contributed by atoms with Gasteiger partial charge < -0.3 is 10.1 Å². The lowest BCUT2D eigenvalue weighted by Gasteiger charge is -2.07. The smallest absolute Gasteiger partial charge is 0.251 e. The number of H-pyrrole nitrogens is 1. The monoisotopic (exact) mass is 295 g/mol. The van der Waals surface area contributed by atoms with Crippen LogP contribution in [0.1, 0.15) is 22.8 Å². The fraction of sp³-hybridized carbons (Fsp3) is 0.176. The van der Waals surface area contributed by atoms with Crippen LogP contribution in [0.3, 0.4) is 0 Å². The van der Waals surface area contributed by atoms with Gasteiger partial charge in [0.25, 0.3) is 5.91 Å². The van der Waals surface area contributed by atoms with E-state index in [1.807, 2.05) is 37.3 Å². The predicted molar refractivity (Wildman–Crippen MR) is 84.9 cm³/mol. The number of benzene rings is 2. The Morgan fingerprint density at radius 2 is 2.05 bits per heavy atom. The largest absolute Gasteiger partial charge is 0.494 e. The number of hydrogen-bond donors (Lipinski definition) is 2. The SMILES string of the molecule is CCOc1ccc(CNC(=O)c2ccc3cn[nH]c3c2)cc1. The highest BCUT2D eigenvalue weighted by molar-refractivity contribution is 5.97. The normalized spacial score (nSPS) is 10.6. The van der Waals surface area contributed by atoms with Gasteiger partial charge in [-0.25, -0.2) is 0 Å². The minimum absolute atomic E-state index is 0.106. The molecule has 112 valence electrons. The Bertz CT molecular complexity index is 778. The van der Waals surface area contributed by atoms with E-state index < -0.39 is 0 Å². The molecule has 5 nitrogen and oxygen atoms in total. The van der Waals surface area contributed by atoms with Crippen molar-refractivity contribution in [3.8, 4) is 5.75 Å². The zero-order valence-corrected chi connectivity index (χ0v) is 12.3. The summed E-state index contributed by atoms with van der Waals surface area (Å²) in [5, 5.41) is 10.7. The van der Waals surface area contributed by atoms with Gasteiger partial charge in [-0.2, -0.15) is 5.10 Å². The van der Waals surface area contributed by atoms with Crippen molar-refractivity contribution < 1.29 is 9.53 Å². The maximum absolute atomic E-state index is 12.2. The van der Waals surface area contributed by atoms with Crippen LogP contribution in [0.4, 0.5) is 0 Å². The lowest BCUT2D eigenvalue weighted by atomic mass is 10.1. The van der Waals surface area contributed by atoms with Crippen molar-refractivity contribution in [2.24, 2.45) is 0 Å². The number of carbonyl (C=O) groups excluding carboxylic acids is 1. The van der Waals surface area contributed by atoms with Gasteiger partial charge in [0.15, 0.2) is 0 Å². The van der Waals surface area contributed by atoms with Crippen LogP contribution in [-0.2, 0) is 6.54 Å². The Balaban J connectivity index is 1.63. The minimum Gasteiger partial charge on any atom is -0.494 e. The second kappa shape index (κ2) is 6.30. The fourth-order valence-electron chi connectivity index (χ4n) is 2.23. The van der Waals surface area contributed by atoms with Crippen LogP contribution in [-0.4, -0.2) is 22.7 Å². The Kier molecular flexibility index (Phi) is 4.05. The van der Waals surface area contributed by atoms with Gasteiger partial charge in [0, 0.05) is 17.5 Å². The standard InChI is InChI=1S/C17H17N3O2/c1-2-22-15-7-3-12(4-8-15)10-18-17(21)13-5-6-14-11-19-20-16(14)9-13/h3-9,11H,2,10H2,1H3,(H,18,21)(H,19,20). The number of carbonyl (C=O) groups is 1. The summed E-state index contributed by atoms with van der Waals surface area (Å²) >= 11 is 0. The van der Waals surface area contributed by atoms with Gasteiger partial charge in [-0.15, -0.1) is 0 Å². The summed E-state index contributed by atoms with van der Waals surface area (Å²) < 4.78 is 5.39. The third-order valence-electron chi connectivity index (χ3n) is 3.39. The molecule has 1 aromatic heterocycles. The van der Waals surface area contributed by atoms with E-state index in [0.717, 1.165) is 22.2 Å². The first-order chi connectivity index (χ1) is 10.8. The summed E-state index contributed by atoms with van der Waals surface area (Å²) in [6.45, 7) is 3.07. The Morgan fingerprint density at radius 3 is 2.82 bits per heavy atom. The zero-order chi connectivity index (χ0) is 15.4. The number of amides is 1. The molecular formula is C17H17N3O2. The number of hydrogen-bond acceptors (Lipinski definition) is 3. The first-order valence-corrected chi connectivity index (χ1v) is 7.19. The van der Waals surface area contributed by atoms with Gasteiger partial charge in [0.1, 0.15) is 5.75 Å². The van der Waals surface area contributed by atoms with Crippen molar-refractivity contribution in [2.75, 3.05) is 6.61 Å². The van der Waals surface area contributed by atoms with Crippen LogP contribution in [0.5, 0.6) is 5.75 Å². The van der Waals surface area contributed by atoms with E-state index in [2.05, 4.69) is 15.5 Å². The quantitative estimate of drug-likeness (QED) is 0.760. The highest BCUT2D eigenvalue weighted by Gasteiger charge is 2.07.